The maximum Gasteiger partial charge on any atom is 0.208 e. The fourth-order valence-corrected chi connectivity index (χ4v) is 2.93. The molecular formula is C20H27FN4O3S. The molecule has 0 aliphatic rings. The lowest BCUT2D eigenvalue weighted by Gasteiger charge is -2.12. The van der Waals surface area contributed by atoms with Gasteiger partial charge in [-0.05, 0) is 43.2 Å². The van der Waals surface area contributed by atoms with Gasteiger partial charge in [-0.3, -0.25) is 4.99 Å². The summed E-state index contributed by atoms with van der Waals surface area (Å²) in [5.74, 6) is 0.921. The Morgan fingerprint density at radius 3 is 2.52 bits per heavy atom. The van der Waals surface area contributed by atoms with Gasteiger partial charge in [-0.1, -0.05) is 24.3 Å². The van der Waals surface area contributed by atoms with Gasteiger partial charge in [0.05, 0.1) is 12.8 Å². The Morgan fingerprint density at radius 1 is 1.10 bits per heavy atom. The number of para-hydroxylation sites is 1. The van der Waals surface area contributed by atoms with Crippen molar-refractivity contribution in [3.63, 3.8) is 0 Å². The smallest absolute Gasteiger partial charge is 0.208 e. The zero-order valence-corrected chi connectivity index (χ0v) is 17.4. The first-order chi connectivity index (χ1) is 13.9. The van der Waals surface area contributed by atoms with Crippen molar-refractivity contribution in [3.05, 3.63) is 59.9 Å². The van der Waals surface area contributed by atoms with E-state index in [0.29, 0.717) is 37.8 Å². The molecule has 3 N–H and O–H groups in total. The highest BCUT2D eigenvalue weighted by atomic mass is 32.2. The number of sulfonamides is 1. The van der Waals surface area contributed by atoms with Gasteiger partial charge < -0.3 is 15.4 Å². The van der Waals surface area contributed by atoms with Crippen molar-refractivity contribution < 1.29 is 17.5 Å². The van der Waals surface area contributed by atoms with Gasteiger partial charge in [-0.25, -0.2) is 17.5 Å². The summed E-state index contributed by atoms with van der Waals surface area (Å²) in [6.07, 6.45) is 1.70. The van der Waals surface area contributed by atoms with Gasteiger partial charge in [-0.2, -0.15) is 0 Å². The summed E-state index contributed by atoms with van der Waals surface area (Å²) in [6.45, 7) is 3.69. The summed E-state index contributed by atoms with van der Waals surface area (Å²) in [5, 5.41) is 6.23. The van der Waals surface area contributed by atoms with Gasteiger partial charge in [-0.15, -0.1) is 0 Å². The van der Waals surface area contributed by atoms with Crippen molar-refractivity contribution in [1.82, 2.24) is 15.4 Å². The second kappa shape index (κ2) is 11.4. The number of hydrogen-bond acceptors (Lipinski definition) is 4. The minimum Gasteiger partial charge on any atom is -0.454 e. The Morgan fingerprint density at radius 2 is 1.86 bits per heavy atom. The standard InChI is InChI=1S/C20H27FN4O3S/c1-3-22-20(24-13-14-25-29(2,26)27)23-12-11-16-9-10-19(18(21)15-16)28-17-7-5-4-6-8-17/h4-10,15,25H,3,11-14H2,1-2H3,(H2,22,23,24). The highest BCUT2D eigenvalue weighted by molar-refractivity contribution is 7.88. The molecule has 0 bridgehead atoms. The van der Waals surface area contributed by atoms with Crippen molar-refractivity contribution in [2.24, 2.45) is 4.99 Å². The number of halogens is 1. The summed E-state index contributed by atoms with van der Waals surface area (Å²) in [7, 11) is -3.22. The molecule has 158 valence electrons. The first kappa shape index (κ1) is 22.6. The Balaban J connectivity index is 1.85. The van der Waals surface area contributed by atoms with E-state index in [0.717, 1.165) is 11.8 Å². The van der Waals surface area contributed by atoms with Gasteiger partial charge in [0.25, 0.3) is 0 Å². The van der Waals surface area contributed by atoms with Crippen LogP contribution >= 0.6 is 0 Å². The zero-order chi connectivity index (χ0) is 21.1. The first-order valence-corrected chi connectivity index (χ1v) is 11.2. The van der Waals surface area contributed by atoms with Crippen LogP contribution in [0.3, 0.4) is 0 Å². The van der Waals surface area contributed by atoms with Gasteiger partial charge in [0.15, 0.2) is 17.5 Å². The number of nitrogens with one attached hydrogen (secondary N) is 3. The summed E-state index contributed by atoms with van der Waals surface area (Å²) < 4.78 is 44.3. The molecule has 2 rings (SSSR count). The van der Waals surface area contributed by atoms with Crippen LogP contribution in [0.4, 0.5) is 4.39 Å². The Labute approximate surface area is 171 Å². The van der Waals surface area contributed by atoms with Crippen molar-refractivity contribution >= 4 is 16.0 Å². The zero-order valence-electron chi connectivity index (χ0n) is 16.6. The molecule has 0 aromatic heterocycles. The summed E-state index contributed by atoms with van der Waals surface area (Å²) >= 11 is 0. The highest BCUT2D eigenvalue weighted by Crippen LogP contribution is 2.24. The lowest BCUT2D eigenvalue weighted by atomic mass is 10.1. The maximum atomic E-state index is 14.3. The van der Waals surface area contributed by atoms with Gasteiger partial charge in [0.1, 0.15) is 5.75 Å². The third-order valence-electron chi connectivity index (χ3n) is 3.76. The van der Waals surface area contributed by atoms with Crippen molar-refractivity contribution in [3.8, 4) is 11.5 Å². The molecular weight excluding hydrogens is 395 g/mol. The minimum absolute atomic E-state index is 0.182. The Kier molecular flexibility index (Phi) is 8.88. The minimum atomic E-state index is -3.22. The van der Waals surface area contributed by atoms with Crippen LogP contribution in [-0.2, 0) is 16.4 Å². The van der Waals surface area contributed by atoms with Crippen molar-refractivity contribution in [2.45, 2.75) is 13.3 Å². The van der Waals surface area contributed by atoms with E-state index in [4.69, 9.17) is 4.74 Å². The summed E-state index contributed by atoms with van der Waals surface area (Å²) in [5.41, 5.74) is 0.824. The lowest BCUT2D eigenvalue weighted by molar-refractivity contribution is 0.441. The topological polar surface area (TPSA) is 91.8 Å². The van der Waals surface area contributed by atoms with Crippen LogP contribution in [0.2, 0.25) is 0 Å². The second-order valence-electron chi connectivity index (χ2n) is 6.28. The molecule has 0 aliphatic heterocycles. The van der Waals surface area contributed by atoms with E-state index in [-0.39, 0.29) is 12.3 Å². The van der Waals surface area contributed by atoms with E-state index in [1.165, 1.54) is 6.07 Å². The van der Waals surface area contributed by atoms with Crippen LogP contribution in [0.15, 0.2) is 53.5 Å². The fraction of sp³-hybridized carbons (Fsp3) is 0.350. The van der Waals surface area contributed by atoms with E-state index in [1.54, 1.807) is 18.2 Å². The molecule has 2 aromatic rings. The molecule has 0 heterocycles. The molecule has 7 nitrogen and oxygen atoms in total. The largest absolute Gasteiger partial charge is 0.454 e. The molecule has 2 aromatic carbocycles. The van der Waals surface area contributed by atoms with Crippen LogP contribution in [0.1, 0.15) is 12.5 Å². The average molecular weight is 423 g/mol. The molecule has 0 unspecified atom stereocenters. The lowest BCUT2D eigenvalue weighted by Crippen LogP contribution is -2.39. The van der Waals surface area contributed by atoms with E-state index in [2.05, 4.69) is 20.3 Å². The van der Waals surface area contributed by atoms with Gasteiger partial charge in [0, 0.05) is 19.6 Å². The highest BCUT2D eigenvalue weighted by Gasteiger charge is 2.07. The summed E-state index contributed by atoms with van der Waals surface area (Å²) in [6, 6.07) is 14.0. The second-order valence-corrected chi connectivity index (χ2v) is 8.12. The monoisotopic (exact) mass is 422 g/mol. The first-order valence-electron chi connectivity index (χ1n) is 9.35. The number of nitrogens with zero attached hydrogens (tertiary/aromatic N) is 1. The molecule has 0 fully saturated rings. The van der Waals surface area contributed by atoms with Crippen molar-refractivity contribution in [1.29, 1.82) is 0 Å². The molecule has 0 atom stereocenters. The molecule has 0 radical (unpaired) electrons. The van der Waals surface area contributed by atoms with E-state index >= 15 is 0 Å². The van der Waals surface area contributed by atoms with Gasteiger partial charge in [0.2, 0.25) is 10.0 Å². The van der Waals surface area contributed by atoms with Crippen molar-refractivity contribution in [2.75, 3.05) is 32.4 Å². The summed E-state index contributed by atoms with van der Waals surface area (Å²) in [4.78, 5) is 4.30. The molecule has 0 aliphatic carbocycles. The van der Waals surface area contributed by atoms with Gasteiger partial charge >= 0.3 is 0 Å². The third-order valence-corrected chi connectivity index (χ3v) is 4.49. The number of rotatable bonds is 10. The Bertz CT molecular complexity index is 905. The van der Waals surface area contributed by atoms with E-state index in [9.17, 15) is 12.8 Å². The quantitative estimate of drug-likeness (QED) is 0.310. The molecule has 9 heteroatoms. The number of hydrogen-bond donors (Lipinski definition) is 3. The van der Waals surface area contributed by atoms with Crippen LogP contribution < -0.4 is 20.1 Å². The predicted octanol–water partition coefficient (Wildman–Crippen LogP) is 2.26. The SMILES string of the molecule is CCNC(=NCCNS(C)(=O)=O)NCCc1ccc(Oc2ccccc2)c(F)c1. The van der Waals surface area contributed by atoms with Crippen LogP contribution in [-0.4, -0.2) is 46.8 Å². The third kappa shape index (κ3) is 8.93. The molecule has 0 saturated carbocycles. The Hall–Kier alpha value is -2.65. The van der Waals surface area contributed by atoms with E-state index < -0.39 is 15.8 Å². The van der Waals surface area contributed by atoms with E-state index in [1.807, 2.05) is 31.2 Å². The van der Waals surface area contributed by atoms with Crippen LogP contribution in [0, 0.1) is 5.82 Å². The van der Waals surface area contributed by atoms with Crippen LogP contribution in [0.5, 0.6) is 11.5 Å². The fourth-order valence-electron chi connectivity index (χ4n) is 2.46. The molecule has 0 saturated heterocycles. The van der Waals surface area contributed by atoms with Crippen LogP contribution in [0.25, 0.3) is 0 Å². The molecule has 0 spiro atoms. The number of guanidine groups is 1. The molecule has 29 heavy (non-hydrogen) atoms. The predicted molar refractivity (Wildman–Crippen MR) is 113 cm³/mol. The number of benzene rings is 2. The molecule has 0 amide bonds. The normalized spacial score (nSPS) is 11.9. The number of ether oxygens (including phenoxy) is 1. The average Bonchev–Trinajstić information content (AvgIpc) is 2.67. The number of aliphatic imine (C=N–C) groups is 1. The maximum absolute atomic E-state index is 14.3.